The number of ether oxygens (including phenoxy) is 1. The molecule has 1 heterocycles. The highest BCUT2D eigenvalue weighted by Crippen LogP contribution is 2.21. The van der Waals surface area contributed by atoms with Gasteiger partial charge in [-0.05, 0) is 35.3 Å². The van der Waals surface area contributed by atoms with Crippen LogP contribution in [0.4, 0.5) is 0 Å². The lowest BCUT2D eigenvalue weighted by atomic mass is 10.1. The third kappa shape index (κ3) is 1.88. The van der Waals surface area contributed by atoms with Gasteiger partial charge in [-0.2, -0.15) is 0 Å². The number of nitrogens with zero attached hydrogens (tertiary/aromatic N) is 1. The van der Waals surface area contributed by atoms with Crippen molar-refractivity contribution in [3.63, 3.8) is 0 Å². The lowest BCUT2D eigenvalue weighted by molar-refractivity contribution is 0.0598. The Labute approximate surface area is 85.3 Å². The topological polar surface area (TPSA) is 39.2 Å². The predicted octanol–water partition coefficient (Wildman–Crippen LogP) is 2.25. The van der Waals surface area contributed by atoms with Gasteiger partial charge in [0.2, 0.25) is 0 Å². The quantitative estimate of drug-likeness (QED) is 0.711. The number of esters is 1. The van der Waals surface area contributed by atoms with Gasteiger partial charge in [0, 0.05) is 11.9 Å². The Bertz CT molecular complexity index is 350. The molecule has 1 rings (SSSR count). The summed E-state index contributed by atoms with van der Waals surface area (Å²) in [5, 5.41) is 0. The molecule has 4 heteroatoms. The van der Waals surface area contributed by atoms with E-state index in [1.807, 2.05) is 13.8 Å². The lowest BCUT2D eigenvalue weighted by Gasteiger charge is -2.07. The summed E-state index contributed by atoms with van der Waals surface area (Å²) in [6.07, 6.45) is 1.61. The summed E-state index contributed by atoms with van der Waals surface area (Å²) < 4.78 is 5.33. The fourth-order valence-corrected chi connectivity index (χ4v) is 1.59. The van der Waals surface area contributed by atoms with Crippen molar-refractivity contribution < 1.29 is 9.53 Å². The van der Waals surface area contributed by atoms with Gasteiger partial charge in [0.1, 0.15) is 0 Å². The van der Waals surface area contributed by atoms with Crippen LogP contribution in [-0.2, 0) is 4.74 Å². The average Bonchev–Trinajstić information content (AvgIpc) is 2.12. The molecule has 0 radical (unpaired) electrons. The van der Waals surface area contributed by atoms with Crippen molar-refractivity contribution in [3.8, 4) is 0 Å². The Kier molecular flexibility index (Phi) is 3.03. The van der Waals surface area contributed by atoms with E-state index in [9.17, 15) is 4.79 Å². The van der Waals surface area contributed by atoms with E-state index in [0.717, 1.165) is 11.3 Å². The average molecular weight is 244 g/mol. The first kappa shape index (κ1) is 10.2. The van der Waals surface area contributed by atoms with Crippen molar-refractivity contribution in [2.24, 2.45) is 0 Å². The SMILES string of the molecule is COC(=O)c1c(Br)cnc(C)c1C. The molecule has 0 bridgehead atoms. The van der Waals surface area contributed by atoms with Crippen LogP contribution in [0.1, 0.15) is 21.6 Å². The van der Waals surface area contributed by atoms with Crippen molar-refractivity contribution in [3.05, 3.63) is 27.5 Å². The van der Waals surface area contributed by atoms with Crippen LogP contribution in [-0.4, -0.2) is 18.1 Å². The van der Waals surface area contributed by atoms with Gasteiger partial charge < -0.3 is 4.74 Å². The molecule has 1 aromatic rings. The van der Waals surface area contributed by atoms with E-state index in [4.69, 9.17) is 0 Å². The number of hydrogen-bond donors (Lipinski definition) is 0. The zero-order valence-corrected chi connectivity index (χ0v) is 9.31. The molecule has 13 heavy (non-hydrogen) atoms. The molecule has 0 N–H and O–H groups in total. The summed E-state index contributed by atoms with van der Waals surface area (Å²) in [5.74, 6) is -0.338. The van der Waals surface area contributed by atoms with Crippen LogP contribution in [0.25, 0.3) is 0 Å². The van der Waals surface area contributed by atoms with Gasteiger partial charge in [0.15, 0.2) is 0 Å². The van der Waals surface area contributed by atoms with Crippen molar-refractivity contribution in [2.45, 2.75) is 13.8 Å². The molecule has 0 spiro atoms. The van der Waals surface area contributed by atoms with Gasteiger partial charge in [-0.3, -0.25) is 4.98 Å². The highest BCUT2D eigenvalue weighted by atomic mass is 79.9. The first-order valence-corrected chi connectivity index (χ1v) is 4.57. The second-order valence-corrected chi connectivity index (χ2v) is 3.54. The van der Waals surface area contributed by atoms with Gasteiger partial charge in [-0.15, -0.1) is 0 Å². The molecule has 0 amide bonds. The van der Waals surface area contributed by atoms with Crippen LogP contribution in [0.5, 0.6) is 0 Å². The number of methoxy groups -OCH3 is 1. The Morgan fingerprint density at radius 1 is 1.54 bits per heavy atom. The molecule has 0 saturated carbocycles. The highest BCUT2D eigenvalue weighted by molar-refractivity contribution is 9.10. The zero-order valence-electron chi connectivity index (χ0n) is 7.72. The highest BCUT2D eigenvalue weighted by Gasteiger charge is 2.15. The number of hydrogen-bond acceptors (Lipinski definition) is 3. The molecule has 0 aliphatic heterocycles. The van der Waals surface area contributed by atoms with Crippen molar-refractivity contribution in [1.29, 1.82) is 0 Å². The maximum Gasteiger partial charge on any atom is 0.339 e. The Balaban J connectivity index is 3.33. The first-order valence-electron chi connectivity index (χ1n) is 3.78. The van der Waals surface area contributed by atoms with Gasteiger partial charge >= 0.3 is 5.97 Å². The lowest BCUT2D eigenvalue weighted by Crippen LogP contribution is -2.07. The fourth-order valence-electron chi connectivity index (χ4n) is 1.03. The standard InChI is InChI=1S/C9H10BrNO2/c1-5-6(2)11-4-7(10)8(5)9(12)13-3/h4H,1-3H3. The van der Waals surface area contributed by atoms with Crippen LogP contribution in [0.2, 0.25) is 0 Å². The minimum absolute atomic E-state index is 0.338. The largest absolute Gasteiger partial charge is 0.465 e. The first-order chi connectivity index (χ1) is 6.07. The molecular formula is C9H10BrNO2. The number of aromatic nitrogens is 1. The zero-order chi connectivity index (χ0) is 10.0. The Hall–Kier alpha value is -0.900. The molecule has 3 nitrogen and oxygen atoms in total. The number of carbonyl (C=O) groups excluding carboxylic acids is 1. The number of pyridine rings is 1. The maximum atomic E-state index is 11.3. The predicted molar refractivity (Wildman–Crippen MR) is 52.8 cm³/mol. The summed E-state index contributed by atoms with van der Waals surface area (Å²) >= 11 is 3.26. The molecule has 0 fully saturated rings. The van der Waals surface area contributed by atoms with E-state index in [0.29, 0.717) is 10.0 Å². The van der Waals surface area contributed by atoms with E-state index >= 15 is 0 Å². The molecule has 70 valence electrons. The van der Waals surface area contributed by atoms with Crippen molar-refractivity contribution >= 4 is 21.9 Å². The molecule has 0 saturated heterocycles. The van der Waals surface area contributed by atoms with Gasteiger partial charge in [-0.1, -0.05) is 0 Å². The normalized spacial score (nSPS) is 9.85. The van der Waals surface area contributed by atoms with E-state index in [-0.39, 0.29) is 5.97 Å². The van der Waals surface area contributed by atoms with E-state index in [2.05, 4.69) is 25.7 Å². The molecule has 0 aliphatic carbocycles. The monoisotopic (exact) mass is 243 g/mol. The van der Waals surface area contributed by atoms with E-state index in [1.54, 1.807) is 6.20 Å². The summed E-state index contributed by atoms with van der Waals surface area (Å²) in [6.45, 7) is 3.70. The van der Waals surface area contributed by atoms with Gasteiger partial charge in [0.05, 0.1) is 17.1 Å². The number of aryl methyl sites for hydroxylation is 1. The smallest absolute Gasteiger partial charge is 0.339 e. The van der Waals surface area contributed by atoms with Crippen LogP contribution in [0.15, 0.2) is 10.7 Å². The van der Waals surface area contributed by atoms with Crippen LogP contribution >= 0.6 is 15.9 Å². The number of carbonyl (C=O) groups is 1. The van der Waals surface area contributed by atoms with Gasteiger partial charge in [0.25, 0.3) is 0 Å². The molecule has 0 atom stereocenters. The summed E-state index contributed by atoms with van der Waals surface area (Å²) in [7, 11) is 1.37. The Morgan fingerprint density at radius 3 is 2.69 bits per heavy atom. The molecular weight excluding hydrogens is 234 g/mol. The minimum atomic E-state index is -0.338. The Morgan fingerprint density at radius 2 is 2.15 bits per heavy atom. The van der Waals surface area contributed by atoms with E-state index in [1.165, 1.54) is 7.11 Å². The summed E-state index contributed by atoms with van der Waals surface area (Å²) in [5.41, 5.74) is 2.24. The number of halogens is 1. The third-order valence-electron chi connectivity index (χ3n) is 1.92. The van der Waals surface area contributed by atoms with Crippen molar-refractivity contribution in [1.82, 2.24) is 4.98 Å². The molecule has 0 unspecified atom stereocenters. The maximum absolute atomic E-state index is 11.3. The second kappa shape index (κ2) is 3.87. The molecule has 0 aliphatic rings. The number of rotatable bonds is 1. The molecule has 1 aromatic heterocycles. The van der Waals surface area contributed by atoms with Crippen LogP contribution in [0.3, 0.4) is 0 Å². The summed E-state index contributed by atoms with van der Waals surface area (Å²) in [4.78, 5) is 15.4. The van der Waals surface area contributed by atoms with Crippen LogP contribution in [0, 0.1) is 13.8 Å². The minimum Gasteiger partial charge on any atom is -0.465 e. The second-order valence-electron chi connectivity index (χ2n) is 2.68. The van der Waals surface area contributed by atoms with E-state index < -0.39 is 0 Å². The fraction of sp³-hybridized carbons (Fsp3) is 0.333. The third-order valence-corrected chi connectivity index (χ3v) is 2.52. The van der Waals surface area contributed by atoms with Gasteiger partial charge in [-0.25, -0.2) is 4.79 Å². The van der Waals surface area contributed by atoms with Crippen molar-refractivity contribution in [2.75, 3.05) is 7.11 Å². The molecule has 0 aromatic carbocycles. The van der Waals surface area contributed by atoms with Crippen LogP contribution < -0.4 is 0 Å². The summed E-state index contributed by atoms with van der Waals surface area (Å²) in [6, 6.07) is 0.